The third kappa shape index (κ3) is 1.19. The highest BCUT2D eigenvalue weighted by atomic mass is 31.1. The molecule has 1 aliphatic rings. The van der Waals surface area contributed by atoms with Crippen LogP contribution in [0.5, 0.6) is 0 Å². The van der Waals surface area contributed by atoms with Gasteiger partial charge in [-0.2, -0.15) is 6.16 Å². The Kier molecular flexibility index (Phi) is 1.85. The average molecular weight is 131 g/mol. The number of aliphatic carboxylic acids is 1. The molecular formula is C5H8O2P-. The molecule has 0 saturated carbocycles. The lowest BCUT2D eigenvalue weighted by molar-refractivity contribution is -0.136. The number of hydrogen-bond acceptors (Lipinski definition) is 1. The van der Waals surface area contributed by atoms with E-state index in [1.165, 1.54) is 0 Å². The van der Waals surface area contributed by atoms with E-state index in [0.717, 1.165) is 27.6 Å². The van der Waals surface area contributed by atoms with E-state index in [0.29, 0.717) is 0 Å². The molecule has 1 heterocycles. The van der Waals surface area contributed by atoms with Crippen LogP contribution >= 0.6 is 8.58 Å². The Hall–Kier alpha value is -0.100. The summed E-state index contributed by atoms with van der Waals surface area (Å²) in [5, 5.41) is 8.41. The topological polar surface area (TPSA) is 37.3 Å². The summed E-state index contributed by atoms with van der Waals surface area (Å²) in [5.41, 5.74) is -0.0463. The monoisotopic (exact) mass is 131 g/mol. The van der Waals surface area contributed by atoms with Gasteiger partial charge in [0.25, 0.3) is 5.97 Å². The van der Waals surface area contributed by atoms with E-state index in [4.69, 9.17) is 5.11 Å². The van der Waals surface area contributed by atoms with Crippen molar-refractivity contribution in [2.45, 2.75) is 18.5 Å². The molecule has 0 amide bonds. The van der Waals surface area contributed by atoms with Crippen LogP contribution in [0.4, 0.5) is 0 Å². The maximum absolute atomic E-state index is 10.2. The molecule has 0 aromatic carbocycles. The molecule has 1 fully saturated rings. The van der Waals surface area contributed by atoms with Gasteiger partial charge in [0, 0.05) is 0 Å². The van der Waals surface area contributed by atoms with Gasteiger partial charge >= 0.3 is 0 Å². The number of carboxylic acids is 1. The van der Waals surface area contributed by atoms with Crippen LogP contribution in [0, 0.1) is 0 Å². The lowest BCUT2D eigenvalue weighted by Crippen LogP contribution is -2.10. The predicted molar refractivity (Wildman–Crippen MR) is 32.4 cm³/mol. The molecule has 0 unspecified atom stereocenters. The molecule has 1 aliphatic heterocycles. The van der Waals surface area contributed by atoms with Gasteiger partial charge in [0.15, 0.2) is 0 Å². The minimum atomic E-state index is -0.621. The maximum atomic E-state index is 10.2. The molecule has 0 spiro atoms. The summed E-state index contributed by atoms with van der Waals surface area (Å²) in [6, 6.07) is 0. The third-order valence-corrected chi connectivity index (χ3v) is 2.76. The van der Waals surface area contributed by atoms with Gasteiger partial charge in [-0.1, -0.05) is 18.5 Å². The van der Waals surface area contributed by atoms with Gasteiger partial charge in [-0.25, -0.2) is 0 Å². The second kappa shape index (κ2) is 2.45. The molecule has 0 aliphatic carbocycles. The SMILES string of the molecule is O=C(O)[C@H]1CCC[P-]1. The second-order valence-electron chi connectivity index (χ2n) is 1.90. The van der Waals surface area contributed by atoms with Crippen molar-refractivity contribution in [2.24, 2.45) is 0 Å². The third-order valence-electron chi connectivity index (χ3n) is 1.27. The molecule has 0 aromatic rings. The van der Waals surface area contributed by atoms with E-state index in [1.807, 2.05) is 0 Å². The quantitative estimate of drug-likeness (QED) is 0.542. The van der Waals surface area contributed by atoms with Crippen LogP contribution in [-0.4, -0.2) is 22.9 Å². The molecule has 1 saturated heterocycles. The fourth-order valence-electron chi connectivity index (χ4n) is 0.825. The van der Waals surface area contributed by atoms with Crippen LogP contribution in [0.25, 0.3) is 0 Å². The van der Waals surface area contributed by atoms with Crippen molar-refractivity contribution in [1.29, 1.82) is 0 Å². The Morgan fingerprint density at radius 3 is 2.75 bits per heavy atom. The van der Waals surface area contributed by atoms with E-state index >= 15 is 0 Å². The zero-order valence-corrected chi connectivity index (χ0v) is 5.40. The average Bonchev–Trinajstić information content (AvgIpc) is 2.12. The zero-order valence-electron chi connectivity index (χ0n) is 4.50. The van der Waals surface area contributed by atoms with Crippen LogP contribution in [0.3, 0.4) is 0 Å². The minimum absolute atomic E-state index is 0.0463. The molecule has 2 nitrogen and oxygen atoms in total. The molecule has 0 aromatic heterocycles. The molecule has 1 N–H and O–H groups in total. The molecular weight excluding hydrogens is 123 g/mol. The minimum Gasteiger partial charge on any atom is -0.525 e. The van der Waals surface area contributed by atoms with Gasteiger partial charge < -0.3 is 13.7 Å². The summed E-state index contributed by atoms with van der Waals surface area (Å²) in [6.45, 7) is 0. The smallest absolute Gasteiger partial charge is 0.277 e. The predicted octanol–water partition coefficient (Wildman–Crippen LogP) is 1.18. The Morgan fingerprint density at radius 1 is 1.75 bits per heavy atom. The van der Waals surface area contributed by atoms with E-state index in [1.54, 1.807) is 0 Å². The molecule has 0 bridgehead atoms. The van der Waals surface area contributed by atoms with Crippen molar-refractivity contribution in [3.63, 3.8) is 0 Å². The molecule has 1 rings (SSSR count). The molecule has 0 radical (unpaired) electrons. The van der Waals surface area contributed by atoms with Gasteiger partial charge in [-0.15, -0.1) is 0 Å². The summed E-state index contributed by atoms with van der Waals surface area (Å²) in [5.74, 6) is -0.621. The van der Waals surface area contributed by atoms with Crippen molar-refractivity contribution in [1.82, 2.24) is 0 Å². The van der Waals surface area contributed by atoms with Crippen LogP contribution in [0.1, 0.15) is 12.8 Å². The first-order valence-corrected chi connectivity index (χ1v) is 3.85. The first kappa shape index (κ1) is 6.03. The molecule has 1 atom stereocenters. The lowest BCUT2D eigenvalue weighted by atomic mass is 10.3. The van der Waals surface area contributed by atoms with Gasteiger partial charge in [0.1, 0.15) is 0 Å². The van der Waals surface area contributed by atoms with Crippen LogP contribution in [0.2, 0.25) is 0 Å². The van der Waals surface area contributed by atoms with Crippen molar-refractivity contribution in [3.05, 3.63) is 0 Å². The Balaban J connectivity index is 2.35. The number of hydrogen-bond donors (Lipinski definition) is 1. The largest absolute Gasteiger partial charge is 0.525 e. The molecule has 46 valence electrons. The van der Waals surface area contributed by atoms with Gasteiger partial charge in [0.2, 0.25) is 0 Å². The molecule has 3 heteroatoms. The Bertz CT molecular complexity index is 96.6. The van der Waals surface area contributed by atoms with Crippen molar-refractivity contribution >= 4 is 14.6 Å². The van der Waals surface area contributed by atoms with E-state index < -0.39 is 5.97 Å². The van der Waals surface area contributed by atoms with Crippen molar-refractivity contribution in [2.75, 3.05) is 6.16 Å². The normalized spacial score (nSPS) is 31.2. The summed E-state index contributed by atoms with van der Waals surface area (Å²) in [6.07, 6.45) is 3.06. The highest BCUT2D eigenvalue weighted by molar-refractivity contribution is 7.40. The van der Waals surface area contributed by atoms with Gasteiger partial charge in [0.05, 0.1) is 0 Å². The fourth-order valence-corrected chi connectivity index (χ4v) is 2.02. The number of carboxylic acid groups (broad SMARTS) is 1. The number of rotatable bonds is 1. The summed E-state index contributed by atoms with van der Waals surface area (Å²) in [7, 11) is 1.12. The van der Waals surface area contributed by atoms with Crippen LogP contribution < -0.4 is 0 Å². The first-order chi connectivity index (χ1) is 3.80. The Labute approximate surface area is 50.1 Å². The number of carbonyl (C=O) groups is 1. The van der Waals surface area contributed by atoms with E-state index in [-0.39, 0.29) is 5.66 Å². The Morgan fingerprint density at radius 2 is 2.50 bits per heavy atom. The second-order valence-corrected chi connectivity index (χ2v) is 3.34. The zero-order chi connectivity index (χ0) is 5.98. The van der Waals surface area contributed by atoms with Crippen molar-refractivity contribution in [3.8, 4) is 0 Å². The van der Waals surface area contributed by atoms with Gasteiger partial charge in [-0.3, -0.25) is 4.79 Å². The lowest BCUT2D eigenvalue weighted by Gasteiger charge is -2.13. The van der Waals surface area contributed by atoms with E-state index in [2.05, 4.69) is 0 Å². The van der Waals surface area contributed by atoms with Gasteiger partial charge in [-0.05, 0) is 0 Å². The summed E-state index contributed by atoms with van der Waals surface area (Å²) in [4.78, 5) is 10.2. The van der Waals surface area contributed by atoms with E-state index in [9.17, 15) is 4.79 Å². The fraction of sp³-hybridized carbons (Fsp3) is 0.800. The summed E-state index contributed by atoms with van der Waals surface area (Å²) < 4.78 is 0. The van der Waals surface area contributed by atoms with Crippen LogP contribution in [-0.2, 0) is 4.79 Å². The van der Waals surface area contributed by atoms with Crippen molar-refractivity contribution < 1.29 is 9.90 Å². The molecule has 8 heavy (non-hydrogen) atoms. The highest BCUT2D eigenvalue weighted by Crippen LogP contribution is 2.32. The van der Waals surface area contributed by atoms with Crippen LogP contribution in [0.15, 0.2) is 0 Å². The first-order valence-electron chi connectivity index (χ1n) is 2.70. The summed E-state index contributed by atoms with van der Waals surface area (Å²) >= 11 is 0. The standard InChI is InChI=1S/C5H8O2P/c6-5(7)4-2-1-3-8-4/h4H,1-3H2,(H,6,7)/q-1/t4-/m1/s1. The highest BCUT2D eigenvalue weighted by Gasteiger charge is 2.08. The maximum Gasteiger partial charge on any atom is 0.277 e.